The van der Waals surface area contributed by atoms with Crippen LogP contribution in [0.1, 0.15) is 31.8 Å². The predicted molar refractivity (Wildman–Crippen MR) is 82.3 cm³/mol. The van der Waals surface area contributed by atoms with Crippen LogP contribution in [0.3, 0.4) is 0 Å². The molecule has 0 atom stereocenters. The fourth-order valence-electron chi connectivity index (χ4n) is 2.37. The van der Waals surface area contributed by atoms with Gasteiger partial charge in [0.05, 0.1) is 10.6 Å². The van der Waals surface area contributed by atoms with E-state index in [1.165, 1.54) is 12.1 Å². The van der Waals surface area contributed by atoms with Crippen LogP contribution in [-0.4, -0.2) is 24.5 Å². The Labute approximate surface area is 138 Å². The molecule has 0 saturated heterocycles. The molecule has 0 aromatic heterocycles. The smallest absolute Gasteiger partial charge is 0.289 e. The van der Waals surface area contributed by atoms with Gasteiger partial charge < -0.3 is 0 Å². The summed E-state index contributed by atoms with van der Waals surface area (Å²) in [4.78, 5) is 24.5. The van der Waals surface area contributed by atoms with E-state index < -0.39 is 31.6 Å². The number of hydrogen-bond acceptors (Lipinski definition) is 4. The Kier molecular flexibility index (Phi) is 3.48. The zero-order chi connectivity index (χ0) is 16.2. The summed E-state index contributed by atoms with van der Waals surface area (Å²) in [7, 11) is -4.63. The van der Waals surface area contributed by atoms with Crippen molar-refractivity contribution >= 4 is 49.2 Å². The van der Waals surface area contributed by atoms with Crippen molar-refractivity contribution in [1.82, 2.24) is 0 Å². The van der Waals surface area contributed by atoms with E-state index in [4.69, 9.17) is 11.6 Å². The van der Waals surface area contributed by atoms with Crippen molar-refractivity contribution in [3.05, 3.63) is 62.1 Å². The first-order valence-corrected chi connectivity index (χ1v) is 8.52. The molecule has 5 nitrogen and oxygen atoms in total. The molecule has 0 radical (unpaired) electrons. The fourth-order valence-corrected chi connectivity index (χ4v) is 4.26. The van der Waals surface area contributed by atoms with Gasteiger partial charge in [0.1, 0.15) is 4.90 Å². The van der Waals surface area contributed by atoms with Crippen LogP contribution in [0.2, 0.25) is 5.02 Å². The quantitative estimate of drug-likeness (QED) is 0.633. The Hall–Kier alpha value is -1.54. The van der Waals surface area contributed by atoms with Crippen molar-refractivity contribution in [3.63, 3.8) is 0 Å². The predicted octanol–water partition coefficient (Wildman–Crippen LogP) is 3.12. The Morgan fingerprint density at radius 1 is 1.00 bits per heavy atom. The molecular formula is C14H6BrClO5S. The second-order valence-electron chi connectivity index (χ2n) is 4.60. The average molecular weight is 402 g/mol. The van der Waals surface area contributed by atoms with E-state index in [2.05, 4.69) is 15.9 Å². The Balaban J connectivity index is 2.44. The third-order valence-electron chi connectivity index (χ3n) is 3.33. The molecule has 0 bridgehead atoms. The zero-order valence-corrected chi connectivity index (χ0v) is 13.8. The molecule has 0 unspecified atom stereocenters. The van der Waals surface area contributed by atoms with Crippen molar-refractivity contribution in [2.45, 2.75) is 4.90 Å². The first kappa shape index (κ1) is 15.4. The van der Waals surface area contributed by atoms with E-state index in [-0.39, 0.29) is 26.7 Å². The van der Waals surface area contributed by atoms with Crippen LogP contribution in [0.4, 0.5) is 0 Å². The Morgan fingerprint density at radius 3 is 2.00 bits per heavy atom. The van der Waals surface area contributed by atoms with E-state index in [1.807, 2.05) is 0 Å². The van der Waals surface area contributed by atoms with Crippen LogP contribution in [0.15, 0.2) is 39.7 Å². The molecule has 1 aliphatic carbocycles. The maximum Gasteiger partial charge on any atom is 0.296 e. The van der Waals surface area contributed by atoms with E-state index in [0.717, 1.165) is 6.07 Å². The van der Waals surface area contributed by atoms with Gasteiger partial charge in [0.2, 0.25) is 0 Å². The van der Waals surface area contributed by atoms with Gasteiger partial charge in [0.25, 0.3) is 10.1 Å². The molecule has 0 spiro atoms. The maximum atomic E-state index is 12.6. The average Bonchev–Trinajstić information content (AvgIpc) is 2.45. The summed E-state index contributed by atoms with van der Waals surface area (Å²) >= 11 is 9.05. The van der Waals surface area contributed by atoms with Gasteiger partial charge in [0.15, 0.2) is 11.6 Å². The number of fused-ring (bicyclic) bond motifs is 2. The minimum Gasteiger partial charge on any atom is -0.289 e. The number of halogens is 2. The number of carbonyl (C=O) groups excluding carboxylic acids is 2. The zero-order valence-electron chi connectivity index (χ0n) is 10.6. The molecule has 0 aliphatic heterocycles. The number of rotatable bonds is 1. The first-order valence-electron chi connectivity index (χ1n) is 5.91. The fraction of sp³-hybridized carbons (Fsp3) is 0. The van der Waals surface area contributed by atoms with Crippen LogP contribution >= 0.6 is 27.5 Å². The number of benzene rings is 2. The molecule has 3 rings (SSSR count). The highest BCUT2D eigenvalue weighted by Gasteiger charge is 2.35. The van der Waals surface area contributed by atoms with Crippen molar-refractivity contribution in [2.75, 3.05) is 0 Å². The topological polar surface area (TPSA) is 88.5 Å². The summed E-state index contributed by atoms with van der Waals surface area (Å²) in [5.74, 6) is -1.01. The summed E-state index contributed by atoms with van der Waals surface area (Å²) in [6.45, 7) is 0. The lowest BCUT2D eigenvalue weighted by Crippen LogP contribution is -2.23. The second kappa shape index (κ2) is 4.99. The number of hydrogen-bond donors (Lipinski definition) is 1. The highest BCUT2D eigenvalue weighted by Crippen LogP contribution is 2.39. The lowest BCUT2D eigenvalue weighted by atomic mass is 9.84. The van der Waals surface area contributed by atoms with Gasteiger partial charge in [-0.1, -0.05) is 35.9 Å². The third-order valence-corrected chi connectivity index (χ3v) is 5.34. The summed E-state index contributed by atoms with van der Waals surface area (Å²) < 4.78 is 32.0. The van der Waals surface area contributed by atoms with Crippen LogP contribution in [0.5, 0.6) is 0 Å². The Bertz CT molecular complexity index is 965. The molecule has 0 saturated carbocycles. The molecule has 112 valence electrons. The molecular weight excluding hydrogens is 396 g/mol. The minimum absolute atomic E-state index is 0.0129. The highest BCUT2D eigenvalue weighted by molar-refractivity contribution is 9.10. The van der Waals surface area contributed by atoms with Crippen molar-refractivity contribution in [2.24, 2.45) is 0 Å². The molecule has 0 fully saturated rings. The third kappa shape index (κ3) is 2.13. The van der Waals surface area contributed by atoms with Crippen LogP contribution in [-0.2, 0) is 10.1 Å². The van der Waals surface area contributed by atoms with Gasteiger partial charge >= 0.3 is 0 Å². The SMILES string of the molecule is O=C1c2ccccc2C(=O)c2c(Cl)c(S(=O)(=O)O)cc(Br)c21. The molecule has 0 heterocycles. The van der Waals surface area contributed by atoms with Gasteiger partial charge in [0, 0.05) is 21.2 Å². The molecule has 8 heteroatoms. The second-order valence-corrected chi connectivity index (χ2v) is 7.22. The van der Waals surface area contributed by atoms with Crippen molar-refractivity contribution in [3.8, 4) is 0 Å². The van der Waals surface area contributed by atoms with Gasteiger partial charge in [-0.2, -0.15) is 8.42 Å². The molecule has 2 aromatic rings. The highest BCUT2D eigenvalue weighted by atomic mass is 79.9. The summed E-state index contributed by atoms with van der Waals surface area (Å²) in [5.41, 5.74) is 0.117. The molecule has 1 N–H and O–H groups in total. The van der Waals surface area contributed by atoms with Gasteiger partial charge in [-0.3, -0.25) is 14.1 Å². The lowest BCUT2D eigenvalue weighted by Gasteiger charge is -2.20. The lowest BCUT2D eigenvalue weighted by molar-refractivity contribution is 0.0978. The van der Waals surface area contributed by atoms with Gasteiger partial charge in [-0.05, 0) is 22.0 Å². The van der Waals surface area contributed by atoms with E-state index in [0.29, 0.717) is 0 Å². The van der Waals surface area contributed by atoms with E-state index in [9.17, 15) is 22.6 Å². The number of carbonyl (C=O) groups is 2. The summed E-state index contributed by atoms with van der Waals surface area (Å²) in [6.07, 6.45) is 0. The summed E-state index contributed by atoms with van der Waals surface area (Å²) in [6, 6.07) is 7.19. The van der Waals surface area contributed by atoms with E-state index in [1.54, 1.807) is 12.1 Å². The monoisotopic (exact) mass is 400 g/mol. The van der Waals surface area contributed by atoms with Crippen LogP contribution < -0.4 is 0 Å². The standard InChI is InChI=1S/C14H6BrClO5S/c15-8-5-9(22(19,20)21)12(16)11-10(8)13(17)6-3-1-2-4-7(6)14(11)18/h1-5H,(H,19,20,21). The molecule has 2 aromatic carbocycles. The molecule has 1 aliphatic rings. The van der Waals surface area contributed by atoms with E-state index >= 15 is 0 Å². The van der Waals surface area contributed by atoms with Gasteiger partial charge in [-0.15, -0.1) is 0 Å². The first-order chi connectivity index (χ1) is 10.2. The van der Waals surface area contributed by atoms with Crippen molar-refractivity contribution in [1.29, 1.82) is 0 Å². The van der Waals surface area contributed by atoms with Gasteiger partial charge in [-0.25, -0.2) is 0 Å². The summed E-state index contributed by atoms with van der Waals surface area (Å²) in [5, 5.41) is -0.464. The number of ketones is 2. The molecule has 22 heavy (non-hydrogen) atoms. The maximum absolute atomic E-state index is 12.6. The van der Waals surface area contributed by atoms with Crippen molar-refractivity contribution < 1.29 is 22.6 Å². The normalized spacial score (nSPS) is 13.8. The Morgan fingerprint density at radius 2 is 1.50 bits per heavy atom. The molecule has 0 amide bonds. The van der Waals surface area contributed by atoms with Crippen LogP contribution in [0, 0.1) is 0 Å². The minimum atomic E-state index is -4.63. The van der Waals surface area contributed by atoms with Crippen LogP contribution in [0.25, 0.3) is 0 Å². The largest absolute Gasteiger partial charge is 0.296 e.